The molecule has 39 heavy (non-hydrogen) atoms. The van der Waals surface area contributed by atoms with Crippen molar-refractivity contribution in [2.45, 2.75) is 92.5 Å². The van der Waals surface area contributed by atoms with E-state index in [0.29, 0.717) is 10.7 Å². The Balaban J connectivity index is 2.10. The Morgan fingerprint density at radius 2 is 1.62 bits per heavy atom. The summed E-state index contributed by atoms with van der Waals surface area (Å²) in [6.07, 6.45) is 0.0979. The summed E-state index contributed by atoms with van der Waals surface area (Å²) in [4.78, 5) is 43.0. The second kappa shape index (κ2) is 12.0. The quantitative estimate of drug-likeness (QED) is 0.378. The van der Waals surface area contributed by atoms with Gasteiger partial charge in [-0.15, -0.1) is 0 Å². The lowest BCUT2D eigenvalue weighted by atomic mass is 9.93. The Morgan fingerprint density at radius 3 is 2.15 bits per heavy atom. The van der Waals surface area contributed by atoms with Crippen molar-refractivity contribution in [1.82, 2.24) is 10.2 Å². The third-order valence-electron chi connectivity index (χ3n) is 7.22. The van der Waals surface area contributed by atoms with Gasteiger partial charge in [-0.25, -0.2) is 4.79 Å². The molecule has 4 unspecified atom stereocenters. The summed E-state index contributed by atoms with van der Waals surface area (Å²) in [6.45, 7) is 16.9. The highest BCUT2D eigenvalue weighted by molar-refractivity contribution is 6.34. The molecule has 1 aliphatic carbocycles. The molecule has 0 bridgehead atoms. The van der Waals surface area contributed by atoms with Crippen LogP contribution in [-0.2, 0) is 14.3 Å². The van der Waals surface area contributed by atoms with E-state index >= 15 is 0 Å². The third kappa shape index (κ3) is 7.33. The first-order valence-electron chi connectivity index (χ1n) is 13.6. The molecule has 212 valence electrons. The van der Waals surface area contributed by atoms with Crippen LogP contribution < -0.4 is 10.6 Å². The van der Waals surface area contributed by atoms with E-state index in [2.05, 4.69) is 17.6 Å². The molecule has 7 nitrogen and oxygen atoms in total. The van der Waals surface area contributed by atoms with E-state index in [4.69, 9.17) is 16.3 Å². The van der Waals surface area contributed by atoms with Gasteiger partial charge in [0.25, 0.3) is 5.91 Å². The van der Waals surface area contributed by atoms with Crippen molar-refractivity contribution in [2.75, 3.05) is 5.32 Å². The van der Waals surface area contributed by atoms with Crippen LogP contribution in [-0.4, -0.2) is 40.5 Å². The van der Waals surface area contributed by atoms with Crippen molar-refractivity contribution >= 4 is 35.2 Å². The smallest absolute Gasteiger partial charge is 0.408 e. The predicted octanol–water partition coefficient (Wildman–Crippen LogP) is 6.73. The van der Waals surface area contributed by atoms with Crippen LogP contribution in [0.15, 0.2) is 36.4 Å². The minimum atomic E-state index is -0.926. The number of ether oxygens (including phenoxy) is 1. The molecule has 1 aliphatic rings. The van der Waals surface area contributed by atoms with Gasteiger partial charge in [0, 0.05) is 6.04 Å². The van der Waals surface area contributed by atoms with E-state index in [-0.39, 0.29) is 29.7 Å². The molecule has 3 amide bonds. The van der Waals surface area contributed by atoms with Gasteiger partial charge in [-0.05, 0) is 88.1 Å². The number of alkyl carbamates (subject to hydrolysis) is 1. The number of nitrogens with zero attached hydrogens (tertiary/aromatic N) is 1. The molecule has 2 aromatic carbocycles. The lowest BCUT2D eigenvalue weighted by Gasteiger charge is -2.37. The molecule has 0 aromatic heterocycles. The summed E-state index contributed by atoms with van der Waals surface area (Å²) < 4.78 is 5.46. The summed E-state index contributed by atoms with van der Waals surface area (Å²) in [5.74, 6) is -0.699. The summed E-state index contributed by atoms with van der Waals surface area (Å²) in [7, 11) is 0. The molecule has 1 saturated carbocycles. The molecule has 0 spiro atoms. The van der Waals surface area contributed by atoms with Gasteiger partial charge in [0.05, 0.1) is 10.7 Å². The van der Waals surface area contributed by atoms with Crippen molar-refractivity contribution in [2.24, 2.45) is 11.8 Å². The van der Waals surface area contributed by atoms with Gasteiger partial charge in [-0.1, -0.05) is 62.7 Å². The number of hydrogen-bond donors (Lipinski definition) is 2. The summed E-state index contributed by atoms with van der Waals surface area (Å²) >= 11 is 6.47. The Kier molecular flexibility index (Phi) is 9.37. The Labute approximate surface area is 237 Å². The first kappa shape index (κ1) is 30.5. The Hall–Kier alpha value is -3.06. The summed E-state index contributed by atoms with van der Waals surface area (Å²) in [5, 5.41) is 6.23. The van der Waals surface area contributed by atoms with Gasteiger partial charge in [0.15, 0.2) is 0 Å². The van der Waals surface area contributed by atoms with Crippen LogP contribution in [0, 0.1) is 32.6 Å². The van der Waals surface area contributed by atoms with Crippen molar-refractivity contribution in [3.63, 3.8) is 0 Å². The van der Waals surface area contributed by atoms with E-state index in [0.717, 1.165) is 28.7 Å². The van der Waals surface area contributed by atoms with Gasteiger partial charge in [-0.3, -0.25) is 9.59 Å². The van der Waals surface area contributed by atoms with Crippen molar-refractivity contribution in [3.05, 3.63) is 63.7 Å². The normalized spacial score (nSPS) is 18.2. The minimum Gasteiger partial charge on any atom is -0.444 e. The zero-order valence-electron chi connectivity index (χ0n) is 24.5. The highest BCUT2D eigenvalue weighted by Crippen LogP contribution is 2.42. The molecule has 0 saturated heterocycles. The first-order chi connectivity index (χ1) is 18.1. The Morgan fingerprint density at radius 1 is 1.03 bits per heavy atom. The van der Waals surface area contributed by atoms with Crippen LogP contribution in [0.1, 0.15) is 76.3 Å². The number of benzene rings is 2. The average Bonchev–Trinajstić information content (AvgIpc) is 3.54. The van der Waals surface area contributed by atoms with Gasteiger partial charge in [0.1, 0.15) is 17.7 Å². The lowest BCUT2D eigenvalue weighted by Crippen LogP contribution is -2.55. The average molecular weight is 556 g/mol. The fourth-order valence-corrected chi connectivity index (χ4v) is 5.02. The number of nitrogens with one attached hydrogen (secondary N) is 2. The topological polar surface area (TPSA) is 87.7 Å². The van der Waals surface area contributed by atoms with Crippen LogP contribution >= 0.6 is 11.6 Å². The first-order valence-corrected chi connectivity index (χ1v) is 13.9. The Bertz CT molecular complexity index is 1220. The molecule has 0 radical (unpaired) electrons. The molecular formula is C31H42ClN3O4. The van der Waals surface area contributed by atoms with E-state index in [1.165, 1.54) is 0 Å². The number of para-hydroxylation sites is 1. The van der Waals surface area contributed by atoms with Crippen LogP contribution in [0.2, 0.25) is 5.02 Å². The molecule has 0 heterocycles. The van der Waals surface area contributed by atoms with Crippen molar-refractivity contribution in [3.8, 4) is 0 Å². The van der Waals surface area contributed by atoms with Gasteiger partial charge in [0.2, 0.25) is 5.91 Å². The zero-order chi connectivity index (χ0) is 29.2. The molecule has 1 fully saturated rings. The summed E-state index contributed by atoms with van der Waals surface area (Å²) in [6, 6.07) is 9.25. The van der Waals surface area contributed by atoms with Crippen LogP contribution in [0.5, 0.6) is 0 Å². The van der Waals surface area contributed by atoms with Gasteiger partial charge in [-0.2, -0.15) is 0 Å². The zero-order valence-corrected chi connectivity index (χ0v) is 25.3. The standard InChI is InChI=1S/C31H42ClN3O4/c1-17(2)25(34-30(38)39-31(7,8)9)29(37)35(24-16-20(24)5)27(22-14-10-12-18(3)21(22)6)28(36)33-26-19(4)13-11-15-23(26)32/h10-15,17,20,24-25,27H,16H2,1-9H3,(H,33,36)(H,34,38). The van der Waals surface area contributed by atoms with Crippen LogP contribution in [0.25, 0.3) is 0 Å². The van der Waals surface area contributed by atoms with E-state index in [1.54, 1.807) is 31.7 Å². The maximum Gasteiger partial charge on any atom is 0.408 e. The van der Waals surface area contributed by atoms with Crippen LogP contribution in [0.4, 0.5) is 10.5 Å². The number of aryl methyl sites for hydroxylation is 2. The molecule has 4 atom stereocenters. The number of carbonyl (C=O) groups excluding carboxylic acids is 3. The number of anilines is 1. The van der Waals surface area contributed by atoms with Gasteiger partial charge < -0.3 is 20.3 Å². The molecule has 2 N–H and O–H groups in total. The molecule has 8 heteroatoms. The van der Waals surface area contributed by atoms with Crippen LogP contribution in [0.3, 0.4) is 0 Å². The second-order valence-electron chi connectivity index (χ2n) is 12.0. The van der Waals surface area contributed by atoms with Crippen molar-refractivity contribution < 1.29 is 19.1 Å². The predicted molar refractivity (Wildman–Crippen MR) is 156 cm³/mol. The maximum atomic E-state index is 14.4. The molecule has 0 aliphatic heterocycles. The second-order valence-corrected chi connectivity index (χ2v) is 12.4. The monoisotopic (exact) mass is 555 g/mol. The SMILES string of the molecule is Cc1cccc(C(C(=O)Nc2c(C)cccc2Cl)N(C(=O)C(NC(=O)OC(C)(C)C)C(C)C)C2CC2C)c1C. The fourth-order valence-electron chi connectivity index (χ4n) is 4.75. The minimum absolute atomic E-state index is 0.151. The highest BCUT2D eigenvalue weighted by Gasteiger charge is 2.49. The number of carbonyl (C=O) groups is 3. The largest absolute Gasteiger partial charge is 0.444 e. The van der Waals surface area contributed by atoms with Gasteiger partial charge >= 0.3 is 6.09 Å². The molecular weight excluding hydrogens is 514 g/mol. The number of halogens is 1. The van der Waals surface area contributed by atoms with E-state index in [9.17, 15) is 14.4 Å². The van der Waals surface area contributed by atoms with E-state index in [1.807, 2.05) is 65.0 Å². The maximum absolute atomic E-state index is 14.4. The lowest BCUT2D eigenvalue weighted by molar-refractivity contribution is -0.142. The fraction of sp³-hybridized carbons (Fsp3) is 0.516. The molecule has 2 aromatic rings. The van der Waals surface area contributed by atoms with E-state index < -0.39 is 23.8 Å². The van der Waals surface area contributed by atoms with Crippen molar-refractivity contribution in [1.29, 1.82) is 0 Å². The molecule has 3 rings (SSSR count). The number of rotatable bonds is 8. The number of hydrogen-bond acceptors (Lipinski definition) is 4. The number of amides is 3. The highest BCUT2D eigenvalue weighted by atomic mass is 35.5. The summed E-state index contributed by atoms with van der Waals surface area (Å²) in [5.41, 5.74) is 3.31. The third-order valence-corrected chi connectivity index (χ3v) is 7.54.